The lowest BCUT2D eigenvalue weighted by Crippen LogP contribution is -2.22. The number of hydrogen-bond acceptors (Lipinski definition) is 1. The first-order valence-corrected chi connectivity index (χ1v) is 6.22. The highest BCUT2D eigenvalue weighted by molar-refractivity contribution is 6.17. The molecule has 1 saturated heterocycles. The second-order valence-corrected chi connectivity index (χ2v) is 4.98. The van der Waals surface area contributed by atoms with Crippen molar-refractivity contribution >= 4 is 11.6 Å². The molecule has 2 unspecified atom stereocenters. The molecule has 0 bridgehead atoms. The fraction of sp³-hybridized carbons (Fsp3) is 1.00. The quantitative estimate of drug-likeness (QED) is 0.635. The second kappa shape index (κ2) is 4.65. The zero-order valence-electron chi connectivity index (χ0n) is 8.34. The Morgan fingerprint density at radius 1 is 1.08 bits per heavy atom. The molecule has 1 aliphatic heterocycles. The van der Waals surface area contributed by atoms with E-state index in [2.05, 4.69) is 4.90 Å². The maximum atomic E-state index is 5.71. The lowest BCUT2D eigenvalue weighted by molar-refractivity contribution is 0.299. The van der Waals surface area contributed by atoms with Crippen LogP contribution in [0.5, 0.6) is 0 Å². The molecule has 0 aromatic heterocycles. The van der Waals surface area contributed by atoms with Crippen molar-refractivity contribution in [3.05, 3.63) is 0 Å². The Kier molecular flexibility index (Phi) is 3.51. The zero-order chi connectivity index (χ0) is 9.10. The molecule has 0 radical (unpaired) electrons. The molecule has 76 valence electrons. The van der Waals surface area contributed by atoms with Gasteiger partial charge in [-0.25, -0.2) is 0 Å². The van der Waals surface area contributed by atoms with Crippen molar-refractivity contribution in [2.24, 2.45) is 11.8 Å². The van der Waals surface area contributed by atoms with Crippen LogP contribution in [0.4, 0.5) is 0 Å². The van der Waals surface area contributed by atoms with Crippen LogP contribution in [0, 0.1) is 11.8 Å². The van der Waals surface area contributed by atoms with Crippen molar-refractivity contribution in [1.29, 1.82) is 0 Å². The van der Waals surface area contributed by atoms with Gasteiger partial charge in [-0.1, -0.05) is 12.8 Å². The molecule has 13 heavy (non-hydrogen) atoms. The third-order valence-corrected chi connectivity index (χ3v) is 3.93. The van der Waals surface area contributed by atoms with Crippen LogP contribution in [-0.2, 0) is 0 Å². The van der Waals surface area contributed by atoms with Gasteiger partial charge in [-0.15, -0.1) is 11.6 Å². The van der Waals surface area contributed by atoms with Crippen LogP contribution in [0.15, 0.2) is 0 Å². The van der Waals surface area contributed by atoms with Gasteiger partial charge in [0.05, 0.1) is 0 Å². The summed E-state index contributed by atoms with van der Waals surface area (Å²) in [6, 6.07) is 0. The summed E-state index contributed by atoms with van der Waals surface area (Å²) < 4.78 is 0. The molecule has 0 amide bonds. The third-order valence-electron chi connectivity index (χ3n) is 3.66. The van der Waals surface area contributed by atoms with Gasteiger partial charge in [-0.05, 0) is 37.6 Å². The monoisotopic (exact) mass is 201 g/mol. The average molecular weight is 202 g/mol. The van der Waals surface area contributed by atoms with Crippen LogP contribution >= 0.6 is 11.6 Å². The van der Waals surface area contributed by atoms with Crippen LogP contribution in [-0.4, -0.2) is 30.4 Å². The minimum atomic E-state index is 0.825. The molecule has 1 saturated carbocycles. The van der Waals surface area contributed by atoms with Gasteiger partial charge < -0.3 is 4.90 Å². The molecular weight excluding hydrogens is 182 g/mol. The maximum absolute atomic E-state index is 5.71. The van der Waals surface area contributed by atoms with Crippen molar-refractivity contribution < 1.29 is 0 Å². The van der Waals surface area contributed by atoms with E-state index in [1.165, 1.54) is 51.7 Å². The van der Waals surface area contributed by atoms with Crippen molar-refractivity contribution in [1.82, 2.24) is 4.90 Å². The summed E-state index contributed by atoms with van der Waals surface area (Å²) in [6.07, 6.45) is 7.10. The maximum Gasteiger partial charge on any atom is 0.0235 e. The standard InChI is InChI=1S/C11H20ClN/c12-6-3-7-13-8-10-4-1-2-5-11(10)9-13/h10-11H,1-9H2. The summed E-state index contributed by atoms with van der Waals surface area (Å²) in [5, 5.41) is 0. The first-order valence-electron chi connectivity index (χ1n) is 5.68. The second-order valence-electron chi connectivity index (χ2n) is 4.61. The van der Waals surface area contributed by atoms with E-state index < -0.39 is 0 Å². The van der Waals surface area contributed by atoms with Crippen LogP contribution in [0.2, 0.25) is 0 Å². The highest BCUT2D eigenvalue weighted by Gasteiger charge is 2.33. The summed E-state index contributed by atoms with van der Waals surface area (Å²) >= 11 is 5.71. The van der Waals surface area contributed by atoms with Crippen molar-refractivity contribution in [3.63, 3.8) is 0 Å². The molecule has 0 N–H and O–H groups in total. The Bertz CT molecular complexity index is 146. The molecule has 2 heteroatoms. The highest BCUT2D eigenvalue weighted by Crippen LogP contribution is 2.35. The summed E-state index contributed by atoms with van der Waals surface area (Å²) in [6.45, 7) is 3.96. The number of hydrogen-bond donors (Lipinski definition) is 0. The molecule has 0 aromatic rings. The molecule has 1 nitrogen and oxygen atoms in total. The predicted molar refractivity (Wildman–Crippen MR) is 57.2 cm³/mol. The van der Waals surface area contributed by atoms with E-state index in [9.17, 15) is 0 Å². The molecule has 0 aromatic carbocycles. The van der Waals surface area contributed by atoms with E-state index in [0.29, 0.717) is 0 Å². The van der Waals surface area contributed by atoms with Crippen LogP contribution < -0.4 is 0 Å². The summed E-state index contributed by atoms with van der Waals surface area (Å²) in [4.78, 5) is 2.63. The van der Waals surface area contributed by atoms with Gasteiger partial charge in [-0.2, -0.15) is 0 Å². The van der Waals surface area contributed by atoms with E-state index in [1.54, 1.807) is 0 Å². The van der Waals surface area contributed by atoms with Crippen molar-refractivity contribution in [2.45, 2.75) is 32.1 Å². The average Bonchev–Trinajstić information content (AvgIpc) is 2.57. The fourth-order valence-electron chi connectivity index (χ4n) is 2.97. The van der Waals surface area contributed by atoms with Gasteiger partial charge >= 0.3 is 0 Å². The number of fused-ring (bicyclic) bond motifs is 1. The number of rotatable bonds is 3. The summed E-state index contributed by atoms with van der Waals surface area (Å²) in [5.41, 5.74) is 0. The number of halogens is 1. The smallest absolute Gasteiger partial charge is 0.0235 e. The minimum Gasteiger partial charge on any atom is -0.303 e. The van der Waals surface area contributed by atoms with Crippen LogP contribution in [0.3, 0.4) is 0 Å². The zero-order valence-corrected chi connectivity index (χ0v) is 9.10. The lowest BCUT2D eigenvalue weighted by Gasteiger charge is -2.23. The van der Waals surface area contributed by atoms with Crippen molar-refractivity contribution in [3.8, 4) is 0 Å². The molecule has 1 heterocycles. The number of nitrogens with zero attached hydrogens (tertiary/aromatic N) is 1. The highest BCUT2D eigenvalue weighted by atomic mass is 35.5. The van der Waals surface area contributed by atoms with Crippen LogP contribution in [0.1, 0.15) is 32.1 Å². The summed E-state index contributed by atoms with van der Waals surface area (Å²) in [5.74, 6) is 2.89. The van der Waals surface area contributed by atoms with Gasteiger partial charge in [0, 0.05) is 19.0 Å². The van der Waals surface area contributed by atoms with E-state index in [1.807, 2.05) is 0 Å². The molecule has 1 aliphatic carbocycles. The molecular formula is C11H20ClN. The van der Waals surface area contributed by atoms with Gasteiger partial charge in [0.2, 0.25) is 0 Å². The molecule has 2 aliphatic rings. The number of alkyl halides is 1. The van der Waals surface area contributed by atoms with Crippen LogP contribution in [0.25, 0.3) is 0 Å². The van der Waals surface area contributed by atoms with E-state index >= 15 is 0 Å². The fourth-order valence-corrected chi connectivity index (χ4v) is 3.09. The number of likely N-dealkylation sites (tertiary alicyclic amines) is 1. The van der Waals surface area contributed by atoms with E-state index in [-0.39, 0.29) is 0 Å². The largest absolute Gasteiger partial charge is 0.303 e. The minimum absolute atomic E-state index is 0.825. The first kappa shape index (κ1) is 9.79. The van der Waals surface area contributed by atoms with Gasteiger partial charge in [0.1, 0.15) is 0 Å². The SMILES string of the molecule is ClCCCN1CC2CCCCC2C1. The topological polar surface area (TPSA) is 3.24 Å². The van der Waals surface area contributed by atoms with E-state index in [0.717, 1.165) is 17.7 Å². The Labute approximate surface area is 86.4 Å². The normalized spacial score (nSPS) is 34.8. The predicted octanol–water partition coefficient (Wildman–Crippen LogP) is 2.74. The van der Waals surface area contributed by atoms with E-state index in [4.69, 9.17) is 11.6 Å². The van der Waals surface area contributed by atoms with Gasteiger partial charge in [-0.3, -0.25) is 0 Å². The summed E-state index contributed by atoms with van der Waals surface area (Å²) in [7, 11) is 0. The molecule has 2 atom stereocenters. The molecule has 0 spiro atoms. The lowest BCUT2D eigenvalue weighted by atomic mass is 9.82. The Balaban J connectivity index is 1.77. The Hall–Kier alpha value is 0.250. The van der Waals surface area contributed by atoms with Crippen molar-refractivity contribution in [2.75, 3.05) is 25.5 Å². The first-order chi connectivity index (χ1) is 6.40. The van der Waals surface area contributed by atoms with Gasteiger partial charge in [0.15, 0.2) is 0 Å². The third kappa shape index (κ3) is 2.38. The molecule has 2 rings (SSSR count). The Morgan fingerprint density at radius 3 is 2.23 bits per heavy atom. The molecule has 2 fully saturated rings. The van der Waals surface area contributed by atoms with Gasteiger partial charge in [0.25, 0.3) is 0 Å². The Morgan fingerprint density at radius 2 is 1.69 bits per heavy atom.